The highest BCUT2D eigenvalue weighted by molar-refractivity contribution is 5.86. The second-order valence-electron chi connectivity index (χ2n) is 4.82. The third-order valence-corrected chi connectivity index (χ3v) is 3.10. The molecule has 0 aliphatic rings. The lowest BCUT2D eigenvalue weighted by atomic mass is 10.2. The number of anilines is 1. The van der Waals surface area contributed by atoms with Crippen molar-refractivity contribution in [1.82, 2.24) is 4.98 Å². The molecule has 0 radical (unpaired) electrons. The predicted molar refractivity (Wildman–Crippen MR) is 80.3 cm³/mol. The minimum atomic E-state index is -4.51. The molecule has 1 N–H and O–H groups in total. The Morgan fingerprint density at radius 3 is 2.42 bits per heavy atom. The number of ether oxygens (including phenoxy) is 1. The van der Waals surface area contributed by atoms with Crippen molar-refractivity contribution in [3.8, 4) is 0 Å². The third kappa shape index (κ3) is 4.69. The minimum Gasteiger partial charge on any atom is -0.444 e. The minimum absolute atomic E-state index is 0.00222. The van der Waals surface area contributed by atoms with Crippen LogP contribution in [-0.2, 0) is 17.5 Å². The van der Waals surface area contributed by atoms with Gasteiger partial charge in [0.25, 0.3) is 0 Å². The van der Waals surface area contributed by atoms with Gasteiger partial charge in [-0.05, 0) is 17.7 Å². The average Bonchev–Trinajstić information content (AvgIpc) is 2.58. The highest BCUT2D eigenvalue weighted by Gasteiger charge is 2.31. The molecule has 0 aliphatic heterocycles. The number of nitrogens with zero attached hydrogens (tertiary/aromatic N) is 2. The molecule has 128 valence electrons. The van der Waals surface area contributed by atoms with Gasteiger partial charge in [-0.25, -0.2) is 9.78 Å². The number of alkyl halides is 3. The summed E-state index contributed by atoms with van der Waals surface area (Å²) in [4.78, 5) is 16.7. The highest BCUT2D eigenvalue weighted by Crippen LogP contribution is 2.29. The van der Waals surface area contributed by atoms with Crippen molar-refractivity contribution in [3.63, 3.8) is 0 Å². The van der Waals surface area contributed by atoms with Gasteiger partial charge in [0, 0.05) is 6.20 Å². The lowest BCUT2D eigenvalue weighted by Gasteiger charge is -2.20. The Balaban J connectivity index is 2.09. The van der Waals surface area contributed by atoms with Gasteiger partial charge in [-0.2, -0.15) is 13.2 Å². The van der Waals surface area contributed by atoms with Crippen LogP contribution in [0.5, 0.6) is 0 Å². The molecule has 1 aromatic carbocycles. The molecule has 0 spiro atoms. The SMILES string of the molecule is O=C(OCc1ccccc1)N(CCO)c1ccc(C(F)(F)F)cn1. The standard InChI is InChI=1S/C16H15F3N2O3/c17-16(18,19)13-6-7-14(20-10-13)21(8-9-22)15(23)24-11-12-4-2-1-3-5-12/h1-7,10,22H,8-9,11H2. The van der Waals surface area contributed by atoms with Gasteiger partial charge in [0.1, 0.15) is 12.4 Å². The second-order valence-corrected chi connectivity index (χ2v) is 4.82. The molecule has 8 heteroatoms. The monoisotopic (exact) mass is 340 g/mol. The van der Waals surface area contributed by atoms with Crippen LogP contribution in [-0.4, -0.2) is 29.3 Å². The molecule has 1 aromatic heterocycles. The molecule has 0 atom stereocenters. The topological polar surface area (TPSA) is 62.7 Å². The number of benzene rings is 1. The number of hydrogen-bond donors (Lipinski definition) is 1. The van der Waals surface area contributed by atoms with Crippen LogP contribution >= 0.6 is 0 Å². The summed E-state index contributed by atoms with van der Waals surface area (Å²) in [7, 11) is 0. The first-order valence-corrected chi connectivity index (χ1v) is 7.04. The summed E-state index contributed by atoms with van der Waals surface area (Å²) in [6, 6.07) is 10.8. The maximum atomic E-state index is 12.6. The van der Waals surface area contributed by atoms with E-state index in [1.807, 2.05) is 6.07 Å². The fraction of sp³-hybridized carbons (Fsp3) is 0.250. The van der Waals surface area contributed by atoms with Gasteiger partial charge < -0.3 is 9.84 Å². The third-order valence-electron chi connectivity index (χ3n) is 3.10. The molecule has 0 aliphatic carbocycles. The predicted octanol–water partition coefficient (Wildman–Crippen LogP) is 3.24. The second kappa shape index (κ2) is 7.78. The zero-order valence-electron chi connectivity index (χ0n) is 12.5. The number of halogens is 3. The van der Waals surface area contributed by atoms with Crippen molar-refractivity contribution in [2.75, 3.05) is 18.1 Å². The van der Waals surface area contributed by atoms with E-state index in [1.165, 1.54) is 0 Å². The van der Waals surface area contributed by atoms with Gasteiger partial charge in [0.05, 0.1) is 18.7 Å². The number of aliphatic hydroxyl groups is 1. The molecule has 2 rings (SSSR count). The van der Waals surface area contributed by atoms with Gasteiger partial charge in [-0.15, -0.1) is 0 Å². The number of pyridine rings is 1. The van der Waals surface area contributed by atoms with Crippen molar-refractivity contribution in [2.45, 2.75) is 12.8 Å². The Hall–Kier alpha value is -2.61. The molecule has 0 saturated heterocycles. The Morgan fingerprint density at radius 1 is 1.17 bits per heavy atom. The normalized spacial score (nSPS) is 11.2. The Bertz CT molecular complexity index is 661. The summed E-state index contributed by atoms with van der Waals surface area (Å²) in [5, 5.41) is 9.06. The number of rotatable bonds is 5. The van der Waals surface area contributed by atoms with Crippen molar-refractivity contribution in [2.24, 2.45) is 0 Å². The molecule has 1 heterocycles. The summed E-state index contributed by atoms with van der Waals surface area (Å²) < 4.78 is 42.8. The molecular formula is C16H15F3N2O3. The molecule has 2 aromatic rings. The number of aromatic nitrogens is 1. The van der Waals surface area contributed by atoms with E-state index in [1.54, 1.807) is 24.3 Å². The molecule has 24 heavy (non-hydrogen) atoms. The van der Waals surface area contributed by atoms with Crippen molar-refractivity contribution < 1.29 is 27.8 Å². The maximum Gasteiger partial charge on any atom is 0.417 e. The molecule has 5 nitrogen and oxygen atoms in total. The van der Waals surface area contributed by atoms with Gasteiger partial charge >= 0.3 is 12.3 Å². The first kappa shape index (κ1) is 17.7. The molecule has 0 unspecified atom stereocenters. The van der Waals surface area contributed by atoms with Crippen LogP contribution in [0.3, 0.4) is 0 Å². The number of amides is 1. The molecule has 0 fully saturated rings. The fourth-order valence-electron chi connectivity index (χ4n) is 1.91. The highest BCUT2D eigenvalue weighted by atomic mass is 19.4. The van der Waals surface area contributed by atoms with E-state index in [0.717, 1.165) is 22.6 Å². The van der Waals surface area contributed by atoms with Gasteiger partial charge in [-0.1, -0.05) is 30.3 Å². The van der Waals surface area contributed by atoms with E-state index in [9.17, 15) is 18.0 Å². The van der Waals surface area contributed by atoms with E-state index in [-0.39, 0.29) is 25.6 Å². The largest absolute Gasteiger partial charge is 0.444 e. The fourth-order valence-corrected chi connectivity index (χ4v) is 1.91. The zero-order valence-corrected chi connectivity index (χ0v) is 12.5. The van der Waals surface area contributed by atoms with Crippen LogP contribution in [0.2, 0.25) is 0 Å². The van der Waals surface area contributed by atoms with E-state index in [2.05, 4.69) is 4.98 Å². The zero-order chi connectivity index (χ0) is 17.6. The Labute approximate surface area is 136 Å². The van der Waals surface area contributed by atoms with Gasteiger partial charge in [0.15, 0.2) is 0 Å². The smallest absolute Gasteiger partial charge is 0.417 e. The summed E-state index contributed by atoms with van der Waals surface area (Å²) >= 11 is 0. The van der Waals surface area contributed by atoms with Crippen molar-refractivity contribution in [3.05, 3.63) is 59.8 Å². The first-order valence-electron chi connectivity index (χ1n) is 7.04. The van der Waals surface area contributed by atoms with E-state index >= 15 is 0 Å². The Morgan fingerprint density at radius 2 is 1.88 bits per heavy atom. The first-order chi connectivity index (χ1) is 11.4. The van der Waals surface area contributed by atoms with Crippen LogP contribution < -0.4 is 4.90 Å². The number of carbonyl (C=O) groups is 1. The van der Waals surface area contributed by atoms with E-state index in [0.29, 0.717) is 6.20 Å². The number of carbonyl (C=O) groups excluding carboxylic acids is 1. The Kier molecular flexibility index (Phi) is 5.75. The summed E-state index contributed by atoms with van der Waals surface area (Å²) in [6.45, 7) is -0.530. The lowest BCUT2D eigenvalue weighted by molar-refractivity contribution is -0.137. The molecular weight excluding hydrogens is 325 g/mol. The molecule has 0 bridgehead atoms. The summed E-state index contributed by atoms with van der Waals surface area (Å²) in [6.07, 6.45) is -4.69. The van der Waals surface area contributed by atoms with Crippen LogP contribution in [0.15, 0.2) is 48.7 Å². The summed E-state index contributed by atoms with van der Waals surface area (Å²) in [5.41, 5.74) is -0.164. The van der Waals surface area contributed by atoms with Crippen molar-refractivity contribution >= 4 is 11.9 Å². The van der Waals surface area contributed by atoms with Crippen LogP contribution in [0.1, 0.15) is 11.1 Å². The number of aliphatic hydroxyl groups excluding tert-OH is 1. The average molecular weight is 340 g/mol. The van der Waals surface area contributed by atoms with Gasteiger partial charge in [0.2, 0.25) is 0 Å². The summed E-state index contributed by atoms with van der Waals surface area (Å²) in [5.74, 6) is -0.0323. The van der Waals surface area contributed by atoms with Crippen LogP contribution in [0.25, 0.3) is 0 Å². The maximum absolute atomic E-state index is 12.6. The quantitative estimate of drug-likeness (QED) is 0.908. The van der Waals surface area contributed by atoms with E-state index < -0.39 is 17.8 Å². The molecule has 1 amide bonds. The van der Waals surface area contributed by atoms with Crippen molar-refractivity contribution in [1.29, 1.82) is 0 Å². The lowest BCUT2D eigenvalue weighted by Crippen LogP contribution is -2.34. The van der Waals surface area contributed by atoms with Gasteiger partial charge in [-0.3, -0.25) is 4.90 Å². The molecule has 0 saturated carbocycles. The van der Waals surface area contributed by atoms with Crippen LogP contribution in [0, 0.1) is 0 Å². The number of hydrogen-bond acceptors (Lipinski definition) is 4. The van der Waals surface area contributed by atoms with E-state index in [4.69, 9.17) is 9.84 Å². The van der Waals surface area contributed by atoms with Crippen LogP contribution in [0.4, 0.5) is 23.8 Å².